The molecule has 0 aromatic carbocycles. The zero-order valence-corrected chi connectivity index (χ0v) is 14.3. The largest absolute Gasteiger partial charge is 0.396 e. The minimum atomic E-state index is -0.222. The van der Waals surface area contributed by atoms with Crippen LogP contribution in [0.3, 0.4) is 0 Å². The standard InChI is InChI=1S/C18H30N2O3/c1-3-4-11(2)20-9-14(8-16(20)22)18(23)19-17-13-6-5-12(7-13)15(17)10-21/h11-15,17,21H,3-10H2,1-2H3,(H,19,23). The molecule has 1 saturated heterocycles. The zero-order valence-electron chi connectivity index (χ0n) is 14.3. The molecule has 0 aromatic rings. The van der Waals surface area contributed by atoms with Gasteiger partial charge in [-0.1, -0.05) is 13.3 Å². The summed E-state index contributed by atoms with van der Waals surface area (Å²) in [6, 6.07) is 0.335. The molecule has 0 spiro atoms. The summed E-state index contributed by atoms with van der Waals surface area (Å²) in [6.07, 6.45) is 5.86. The van der Waals surface area contributed by atoms with Crippen molar-refractivity contribution in [2.24, 2.45) is 23.7 Å². The number of likely N-dealkylation sites (tertiary alicyclic amines) is 1. The van der Waals surface area contributed by atoms with Crippen LogP contribution in [-0.2, 0) is 9.59 Å². The Bertz CT molecular complexity index is 467. The van der Waals surface area contributed by atoms with Crippen molar-refractivity contribution in [3.8, 4) is 0 Å². The van der Waals surface area contributed by atoms with Crippen molar-refractivity contribution < 1.29 is 14.7 Å². The molecule has 1 aliphatic heterocycles. The van der Waals surface area contributed by atoms with Gasteiger partial charge in [0.15, 0.2) is 0 Å². The van der Waals surface area contributed by atoms with Crippen LogP contribution in [0.5, 0.6) is 0 Å². The monoisotopic (exact) mass is 322 g/mol. The maximum atomic E-state index is 12.6. The van der Waals surface area contributed by atoms with Crippen LogP contribution in [0.15, 0.2) is 0 Å². The van der Waals surface area contributed by atoms with Gasteiger partial charge in [-0.15, -0.1) is 0 Å². The summed E-state index contributed by atoms with van der Waals surface area (Å²) in [5.41, 5.74) is 0. The number of aliphatic hydroxyl groups excluding tert-OH is 1. The van der Waals surface area contributed by atoms with Gasteiger partial charge >= 0.3 is 0 Å². The zero-order chi connectivity index (χ0) is 16.6. The predicted octanol–water partition coefficient (Wildman–Crippen LogP) is 1.55. The molecule has 3 fully saturated rings. The van der Waals surface area contributed by atoms with Gasteiger partial charge in [-0.05, 0) is 44.4 Å². The number of hydrogen-bond acceptors (Lipinski definition) is 3. The number of amides is 2. The van der Waals surface area contributed by atoms with E-state index in [0.29, 0.717) is 24.8 Å². The molecule has 2 amide bonds. The van der Waals surface area contributed by atoms with E-state index in [1.54, 1.807) is 0 Å². The van der Waals surface area contributed by atoms with E-state index in [0.717, 1.165) is 25.7 Å². The van der Waals surface area contributed by atoms with Gasteiger partial charge in [0.1, 0.15) is 0 Å². The molecule has 3 rings (SSSR count). The highest BCUT2D eigenvalue weighted by Gasteiger charge is 2.48. The van der Waals surface area contributed by atoms with E-state index in [4.69, 9.17) is 0 Å². The fourth-order valence-corrected chi connectivity index (χ4v) is 5.09. The van der Waals surface area contributed by atoms with Crippen molar-refractivity contribution in [1.29, 1.82) is 0 Å². The van der Waals surface area contributed by atoms with Crippen LogP contribution in [0, 0.1) is 23.7 Å². The van der Waals surface area contributed by atoms with E-state index < -0.39 is 0 Å². The number of aliphatic hydroxyl groups is 1. The topological polar surface area (TPSA) is 69.6 Å². The molecule has 2 aliphatic carbocycles. The first-order valence-corrected chi connectivity index (χ1v) is 9.25. The molecule has 5 nitrogen and oxygen atoms in total. The highest BCUT2D eigenvalue weighted by molar-refractivity contribution is 5.89. The molecule has 0 aromatic heterocycles. The third-order valence-corrected chi connectivity index (χ3v) is 6.38. The molecule has 23 heavy (non-hydrogen) atoms. The number of hydrogen-bond donors (Lipinski definition) is 2. The lowest BCUT2D eigenvalue weighted by molar-refractivity contribution is -0.130. The highest BCUT2D eigenvalue weighted by Crippen LogP contribution is 2.48. The number of rotatable bonds is 6. The molecule has 6 unspecified atom stereocenters. The maximum absolute atomic E-state index is 12.6. The van der Waals surface area contributed by atoms with Gasteiger partial charge in [0.05, 0.1) is 5.92 Å². The van der Waals surface area contributed by atoms with Crippen molar-refractivity contribution in [3.63, 3.8) is 0 Å². The SMILES string of the molecule is CCCC(C)N1CC(C(=O)NC2C3CCC(C3)C2CO)CC1=O. The van der Waals surface area contributed by atoms with Gasteiger partial charge in [-0.25, -0.2) is 0 Å². The van der Waals surface area contributed by atoms with Crippen LogP contribution >= 0.6 is 0 Å². The number of carbonyl (C=O) groups excluding carboxylic acids is 2. The summed E-state index contributed by atoms with van der Waals surface area (Å²) < 4.78 is 0. The number of nitrogens with one attached hydrogen (secondary N) is 1. The van der Waals surface area contributed by atoms with Crippen LogP contribution in [-0.4, -0.2) is 47.1 Å². The third-order valence-electron chi connectivity index (χ3n) is 6.38. The van der Waals surface area contributed by atoms with Gasteiger partial charge in [0.2, 0.25) is 11.8 Å². The quantitative estimate of drug-likeness (QED) is 0.779. The third kappa shape index (κ3) is 3.12. The Balaban J connectivity index is 1.58. The minimum absolute atomic E-state index is 0.0144. The van der Waals surface area contributed by atoms with E-state index >= 15 is 0 Å². The Morgan fingerprint density at radius 3 is 2.83 bits per heavy atom. The van der Waals surface area contributed by atoms with E-state index in [1.807, 2.05) is 4.90 Å². The maximum Gasteiger partial charge on any atom is 0.225 e. The molecular weight excluding hydrogens is 292 g/mol. The molecule has 3 aliphatic rings. The van der Waals surface area contributed by atoms with Crippen LogP contribution in [0.25, 0.3) is 0 Å². The number of carbonyl (C=O) groups is 2. The first-order chi connectivity index (χ1) is 11.0. The highest BCUT2D eigenvalue weighted by atomic mass is 16.3. The molecule has 2 N–H and O–H groups in total. The second kappa shape index (κ2) is 6.80. The Labute approximate surface area is 138 Å². The molecule has 1 heterocycles. The summed E-state index contributed by atoms with van der Waals surface area (Å²) in [5, 5.41) is 12.8. The first-order valence-electron chi connectivity index (χ1n) is 9.25. The lowest BCUT2D eigenvalue weighted by Gasteiger charge is -2.31. The van der Waals surface area contributed by atoms with Crippen LogP contribution in [0.1, 0.15) is 52.4 Å². The van der Waals surface area contributed by atoms with E-state index in [-0.39, 0.29) is 42.3 Å². The van der Waals surface area contributed by atoms with E-state index in [2.05, 4.69) is 19.2 Å². The Morgan fingerprint density at radius 2 is 2.13 bits per heavy atom. The Kier molecular flexibility index (Phi) is 4.95. The summed E-state index contributed by atoms with van der Waals surface area (Å²) in [4.78, 5) is 26.7. The molecule has 0 radical (unpaired) electrons. The van der Waals surface area contributed by atoms with Crippen LogP contribution in [0.2, 0.25) is 0 Å². The van der Waals surface area contributed by atoms with Gasteiger partial charge < -0.3 is 15.3 Å². The Morgan fingerprint density at radius 1 is 1.39 bits per heavy atom. The molecule has 130 valence electrons. The fraction of sp³-hybridized carbons (Fsp3) is 0.889. The van der Waals surface area contributed by atoms with E-state index in [1.165, 1.54) is 6.42 Å². The summed E-state index contributed by atoms with van der Waals surface area (Å²) in [7, 11) is 0. The summed E-state index contributed by atoms with van der Waals surface area (Å²) in [5.74, 6) is 1.21. The predicted molar refractivity (Wildman–Crippen MR) is 87.5 cm³/mol. The smallest absolute Gasteiger partial charge is 0.225 e. The van der Waals surface area contributed by atoms with E-state index in [9.17, 15) is 14.7 Å². The number of nitrogens with zero attached hydrogens (tertiary/aromatic N) is 1. The average Bonchev–Trinajstić information content (AvgIpc) is 3.21. The fourth-order valence-electron chi connectivity index (χ4n) is 5.09. The average molecular weight is 322 g/mol. The van der Waals surface area contributed by atoms with Crippen molar-refractivity contribution in [2.75, 3.05) is 13.2 Å². The van der Waals surface area contributed by atoms with Crippen LogP contribution in [0.4, 0.5) is 0 Å². The summed E-state index contributed by atoms with van der Waals surface area (Å²) >= 11 is 0. The van der Waals surface area contributed by atoms with Crippen molar-refractivity contribution in [1.82, 2.24) is 10.2 Å². The van der Waals surface area contributed by atoms with Crippen molar-refractivity contribution in [3.05, 3.63) is 0 Å². The molecule has 2 saturated carbocycles. The normalized spacial score (nSPS) is 37.4. The van der Waals surface area contributed by atoms with Crippen molar-refractivity contribution in [2.45, 2.75) is 64.5 Å². The van der Waals surface area contributed by atoms with Gasteiger partial charge in [0.25, 0.3) is 0 Å². The molecule has 2 bridgehead atoms. The molecule has 5 heteroatoms. The lowest BCUT2D eigenvalue weighted by atomic mass is 9.84. The number of fused-ring (bicyclic) bond motifs is 2. The van der Waals surface area contributed by atoms with Crippen molar-refractivity contribution >= 4 is 11.8 Å². The van der Waals surface area contributed by atoms with Gasteiger partial charge in [-0.3, -0.25) is 9.59 Å². The molecular formula is C18H30N2O3. The lowest BCUT2D eigenvalue weighted by Crippen LogP contribution is -2.47. The van der Waals surface area contributed by atoms with Gasteiger partial charge in [0, 0.05) is 37.6 Å². The van der Waals surface area contributed by atoms with Gasteiger partial charge in [-0.2, -0.15) is 0 Å². The molecule has 6 atom stereocenters. The second-order valence-electron chi connectivity index (χ2n) is 7.80. The van der Waals surface area contributed by atoms with Crippen LogP contribution < -0.4 is 5.32 Å². The Hall–Kier alpha value is -1.10. The first kappa shape index (κ1) is 16.7. The second-order valence-corrected chi connectivity index (χ2v) is 7.80. The minimum Gasteiger partial charge on any atom is -0.396 e. The summed E-state index contributed by atoms with van der Waals surface area (Å²) in [6.45, 7) is 4.90.